The average Bonchev–Trinajstić information content (AvgIpc) is 3.51. The molecule has 2 N–H and O–H groups in total. The maximum Gasteiger partial charge on any atom is 0.416 e. The molecule has 2 aliphatic rings. The number of benzene rings is 2. The maximum absolute atomic E-state index is 15.0. The minimum atomic E-state index is -4.71. The van der Waals surface area contributed by atoms with E-state index in [1.807, 2.05) is 0 Å². The van der Waals surface area contributed by atoms with Crippen molar-refractivity contribution in [1.82, 2.24) is 4.90 Å². The van der Waals surface area contributed by atoms with Crippen LogP contribution in [0.15, 0.2) is 47.4 Å². The molecule has 35 heavy (non-hydrogen) atoms. The number of primary amides is 1. The number of nitrogens with zero attached hydrogens (tertiary/aromatic N) is 1. The number of alkyl halides is 3. The van der Waals surface area contributed by atoms with Gasteiger partial charge in [-0.15, -0.1) is 11.8 Å². The molecular weight excluding hydrogens is 508 g/mol. The molecule has 0 bridgehead atoms. The second-order valence-electron chi connectivity index (χ2n) is 8.75. The summed E-state index contributed by atoms with van der Waals surface area (Å²) in [5.74, 6) is -3.12. The van der Waals surface area contributed by atoms with Gasteiger partial charge in [0.15, 0.2) is 9.84 Å². The van der Waals surface area contributed by atoms with Crippen LogP contribution in [0.5, 0.6) is 0 Å². The van der Waals surface area contributed by atoms with Crippen molar-refractivity contribution in [3.05, 3.63) is 65.0 Å². The summed E-state index contributed by atoms with van der Waals surface area (Å²) in [6.07, 6.45) is -2.34. The fourth-order valence-electron chi connectivity index (χ4n) is 4.36. The monoisotopic (exact) mass is 530 g/mol. The van der Waals surface area contributed by atoms with Gasteiger partial charge in [0, 0.05) is 23.5 Å². The Morgan fingerprint density at radius 2 is 1.83 bits per heavy atom. The third-order valence-electron chi connectivity index (χ3n) is 6.23. The van der Waals surface area contributed by atoms with Crippen molar-refractivity contribution in [2.24, 2.45) is 11.7 Å². The Morgan fingerprint density at radius 1 is 1.14 bits per heavy atom. The maximum atomic E-state index is 15.0. The fourth-order valence-corrected chi connectivity index (χ4v) is 6.71. The van der Waals surface area contributed by atoms with Crippen LogP contribution in [0.2, 0.25) is 0 Å². The van der Waals surface area contributed by atoms with Gasteiger partial charge in [0.05, 0.1) is 15.8 Å². The van der Waals surface area contributed by atoms with E-state index in [1.54, 1.807) is 0 Å². The van der Waals surface area contributed by atoms with Crippen molar-refractivity contribution in [2.75, 3.05) is 12.0 Å². The fraction of sp³-hybridized carbons (Fsp3) is 0.391. The van der Waals surface area contributed by atoms with Crippen LogP contribution in [0.1, 0.15) is 40.2 Å². The number of amides is 2. The first kappa shape index (κ1) is 25.5. The molecule has 2 unspecified atom stereocenters. The molecule has 1 heterocycles. The summed E-state index contributed by atoms with van der Waals surface area (Å²) in [6.45, 7) is 0. The predicted molar refractivity (Wildman–Crippen MR) is 122 cm³/mol. The van der Waals surface area contributed by atoms with Crippen molar-refractivity contribution in [3.8, 4) is 0 Å². The van der Waals surface area contributed by atoms with E-state index in [9.17, 15) is 35.6 Å². The van der Waals surface area contributed by atoms with Crippen molar-refractivity contribution in [2.45, 2.75) is 41.2 Å². The normalized spacial score (nSPS) is 21.7. The van der Waals surface area contributed by atoms with Gasteiger partial charge in [-0.1, -0.05) is 12.1 Å². The Morgan fingerprint density at radius 3 is 2.37 bits per heavy atom. The van der Waals surface area contributed by atoms with E-state index in [1.165, 1.54) is 40.9 Å². The highest BCUT2D eigenvalue weighted by Gasteiger charge is 2.50. The van der Waals surface area contributed by atoms with E-state index in [0.29, 0.717) is 18.9 Å². The molecule has 2 aromatic carbocycles. The number of hydrogen-bond donors (Lipinski definition) is 1. The number of halogens is 4. The second-order valence-corrected chi connectivity index (χ2v) is 11.9. The topological polar surface area (TPSA) is 97.5 Å². The first-order chi connectivity index (χ1) is 16.3. The van der Waals surface area contributed by atoms with Crippen molar-refractivity contribution < 1.29 is 35.6 Å². The smallest absolute Gasteiger partial charge is 0.368 e. The van der Waals surface area contributed by atoms with Gasteiger partial charge in [0.25, 0.3) is 5.91 Å². The number of carbonyl (C=O) groups excluding carboxylic acids is 2. The molecule has 188 valence electrons. The highest BCUT2D eigenvalue weighted by atomic mass is 32.2. The molecule has 6 nitrogen and oxygen atoms in total. The minimum absolute atomic E-state index is 0.00844. The van der Waals surface area contributed by atoms with Crippen LogP contribution in [0.25, 0.3) is 0 Å². The van der Waals surface area contributed by atoms with Crippen LogP contribution >= 0.6 is 11.8 Å². The van der Waals surface area contributed by atoms with Gasteiger partial charge in [0.2, 0.25) is 5.91 Å². The molecule has 2 aromatic rings. The third-order valence-corrected chi connectivity index (χ3v) is 8.71. The van der Waals surface area contributed by atoms with Crippen LogP contribution in [-0.2, 0) is 20.8 Å². The first-order valence-corrected chi connectivity index (χ1v) is 13.6. The molecule has 1 saturated heterocycles. The summed E-state index contributed by atoms with van der Waals surface area (Å²) >= 11 is 1.21. The van der Waals surface area contributed by atoms with E-state index >= 15 is 0 Å². The molecule has 12 heteroatoms. The molecule has 0 spiro atoms. The van der Waals surface area contributed by atoms with Crippen LogP contribution in [-0.4, -0.2) is 48.6 Å². The van der Waals surface area contributed by atoms with Gasteiger partial charge < -0.3 is 10.6 Å². The van der Waals surface area contributed by atoms with E-state index in [-0.39, 0.29) is 27.7 Å². The number of nitrogens with two attached hydrogens (primary N) is 1. The Balaban J connectivity index is 1.76. The largest absolute Gasteiger partial charge is 0.416 e. The number of carbonyl (C=O) groups is 2. The second kappa shape index (κ2) is 9.12. The average molecular weight is 531 g/mol. The third kappa shape index (κ3) is 5.18. The Hall–Kier alpha value is -2.60. The minimum Gasteiger partial charge on any atom is -0.368 e. The Labute approximate surface area is 203 Å². The van der Waals surface area contributed by atoms with Crippen LogP contribution in [0, 0.1) is 11.7 Å². The van der Waals surface area contributed by atoms with Gasteiger partial charge in [-0.3, -0.25) is 9.59 Å². The number of thioether (sulfide) groups is 1. The van der Waals surface area contributed by atoms with Crippen LogP contribution in [0.3, 0.4) is 0 Å². The van der Waals surface area contributed by atoms with Crippen LogP contribution < -0.4 is 5.73 Å². The van der Waals surface area contributed by atoms with Crippen molar-refractivity contribution in [1.29, 1.82) is 0 Å². The van der Waals surface area contributed by atoms with Gasteiger partial charge in [-0.05, 0) is 54.7 Å². The van der Waals surface area contributed by atoms with Crippen LogP contribution in [0.4, 0.5) is 17.6 Å². The van der Waals surface area contributed by atoms with Gasteiger partial charge in [-0.25, -0.2) is 12.8 Å². The predicted octanol–water partition coefficient (Wildman–Crippen LogP) is 3.81. The summed E-state index contributed by atoms with van der Waals surface area (Å²) in [4.78, 5) is 26.9. The standard InChI is InChI=1S/C23H22F4N2O4S2/c1-35(32,33)15-4-2-3-13(9-15)21(31)29-18(20(28)30)11-34-22(29)19(12-5-6-12)16-8-7-14(10-17(16)24)23(25,26)27/h2-4,7-10,12,18-19,22H,5-6,11H2,1H3,(H2,28,30)/t18?,19-,22?/m1/s1. The van der Waals surface area contributed by atoms with E-state index in [0.717, 1.165) is 18.4 Å². The molecular formula is C23H22F4N2O4S2. The molecule has 1 aliphatic carbocycles. The SMILES string of the molecule is CS(=O)(=O)c1cccc(C(=O)N2C(C(N)=O)CSC2[C@@H](c2ccc(C(F)(F)F)cc2F)C2CC2)c1. The summed E-state index contributed by atoms with van der Waals surface area (Å²) < 4.78 is 78.1. The molecule has 2 amide bonds. The number of sulfone groups is 1. The molecule has 0 aromatic heterocycles. The van der Waals surface area contributed by atoms with Crippen molar-refractivity contribution >= 4 is 33.4 Å². The lowest BCUT2D eigenvalue weighted by Gasteiger charge is -2.34. The van der Waals surface area contributed by atoms with Crippen molar-refractivity contribution in [3.63, 3.8) is 0 Å². The van der Waals surface area contributed by atoms with Gasteiger partial charge >= 0.3 is 6.18 Å². The highest BCUT2D eigenvalue weighted by Crippen LogP contribution is 2.52. The molecule has 4 rings (SSSR count). The zero-order chi connectivity index (χ0) is 25.7. The quantitative estimate of drug-likeness (QED) is 0.573. The zero-order valence-corrected chi connectivity index (χ0v) is 20.1. The van der Waals surface area contributed by atoms with Gasteiger partial charge in [-0.2, -0.15) is 13.2 Å². The first-order valence-electron chi connectivity index (χ1n) is 10.7. The number of hydrogen-bond acceptors (Lipinski definition) is 5. The van der Waals surface area contributed by atoms with E-state index < -0.39 is 56.5 Å². The summed E-state index contributed by atoms with van der Waals surface area (Å²) in [5.41, 5.74) is 4.48. The summed E-state index contributed by atoms with van der Waals surface area (Å²) in [5, 5.41) is -0.777. The molecule has 1 saturated carbocycles. The molecule has 2 fully saturated rings. The summed E-state index contributed by atoms with van der Waals surface area (Å²) in [6, 6.07) is 6.62. The van der Waals surface area contributed by atoms with E-state index in [2.05, 4.69) is 0 Å². The van der Waals surface area contributed by atoms with Gasteiger partial charge in [0.1, 0.15) is 11.9 Å². The van der Waals surface area contributed by atoms with E-state index in [4.69, 9.17) is 5.73 Å². The molecule has 1 aliphatic heterocycles. The number of rotatable bonds is 6. The summed E-state index contributed by atoms with van der Waals surface area (Å²) in [7, 11) is -3.62. The molecule has 3 atom stereocenters. The highest BCUT2D eigenvalue weighted by molar-refractivity contribution is 8.00. The Bertz CT molecular complexity index is 1280. The zero-order valence-electron chi connectivity index (χ0n) is 18.5. The lowest BCUT2D eigenvalue weighted by atomic mass is 9.91. The molecule has 0 radical (unpaired) electrons. The Kier molecular flexibility index (Phi) is 6.64. The lowest BCUT2D eigenvalue weighted by molar-refractivity contribution is -0.137. The lowest BCUT2D eigenvalue weighted by Crippen LogP contribution is -2.50.